The molecule has 1 fully saturated rings. The molecule has 4 heteroatoms. The third kappa shape index (κ3) is 4.92. The normalized spacial score (nSPS) is 27.4. The van der Waals surface area contributed by atoms with Crippen molar-refractivity contribution in [1.82, 2.24) is 10.2 Å². The molecule has 0 spiro atoms. The van der Waals surface area contributed by atoms with Crippen LogP contribution in [0.4, 0.5) is 0 Å². The van der Waals surface area contributed by atoms with E-state index < -0.39 is 0 Å². The fourth-order valence-electron chi connectivity index (χ4n) is 3.63. The molecule has 2 atom stereocenters. The zero-order chi connectivity index (χ0) is 16.1. The number of hydrogen-bond acceptors (Lipinski definition) is 4. The fourth-order valence-corrected chi connectivity index (χ4v) is 3.63. The maximum absolute atomic E-state index is 6.36. The first kappa shape index (κ1) is 18.9. The molecule has 2 unspecified atom stereocenters. The molecule has 1 heterocycles. The van der Waals surface area contributed by atoms with Crippen LogP contribution in [-0.4, -0.2) is 61.5 Å². The Balaban J connectivity index is 2.75. The summed E-state index contributed by atoms with van der Waals surface area (Å²) < 4.78 is 11.9. The SMILES string of the molecule is CCNC1C(CN(CC)CCOCC)C(C)(C)OC1(C)C. The van der Waals surface area contributed by atoms with Crippen LogP contribution in [0.3, 0.4) is 0 Å². The molecule has 1 saturated heterocycles. The number of rotatable bonds is 9. The molecule has 21 heavy (non-hydrogen) atoms. The van der Waals surface area contributed by atoms with Crippen molar-refractivity contribution in [3.8, 4) is 0 Å². The summed E-state index contributed by atoms with van der Waals surface area (Å²) >= 11 is 0. The molecular formula is C17H36N2O2. The average molecular weight is 300 g/mol. The van der Waals surface area contributed by atoms with E-state index in [1.165, 1.54) is 0 Å². The Morgan fingerprint density at radius 1 is 1.10 bits per heavy atom. The number of likely N-dealkylation sites (N-methyl/N-ethyl adjacent to an activating group) is 2. The summed E-state index contributed by atoms with van der Waals surface area (Å²) in [4.78, 5) is 2.48. The molecule has 0 saturated carbocycles. The second-order valence-corrected chi connectivity index (χ2v) is 7.04. The lowest BCUT2D eigenvalue weighted by Gasteiger charge is -2.34. The molecule has 4 nitrogen and oxygen atoms in total. The predicted molar refractivity (Wildman–Crippen MR) is 88.8 cm³/mol. The molecule has 0 amide bonds. The first-order valence-corrected chi connectivity index (χ1v) is 8.52. The van der Waals surface area contributed by atoms with E-state index in [9.17, 15) is 0 Å². The van der Waals surface area contributed by atoms with Gasteiger partial charge in [0, 0.05) is 31.7 Å². The van der Waals surface area contributed by atoms with Crippen molar-refractivity contribution in [2.24, 2.45) is 5.92 Å². The molecule has 0 bridgehead atoms. The van der Waals surface area contributed by atoms with E-state index >= 15 is 0 Å². The highest BCUT2D eigenvalue weighted by molar-refractivity contribution is 5.06. The number of ether oxygens (including phenoxy) is 2. The van der Waals surface area contributed by atoms with Gasteiger partial charge in [-0.25, -0.2) is 0 Å². The molecule has 1 aliphatic rings. The summed E-state index contributed by atoms with van der Waals surface area (Å²) in [6.45, 7) is 21.0. The van der Waals surface area contributed by atoms with Gasteiger partial charge in [0.2, 0.25) is 0 Å². The molecular weight excluding hydrogens is 264 g/mol. The highest BCUT2D eigenvalue weighted by atomic mass is 16.5. The largest absolute Gasteiger partial charge is 0.380 e. The molecule has 0 radical (unpaired) electrons. The van der Waals surface area contributed by atoms with Crippen molar-refractivity contribution in [1.29, 1.82) is 0 Å². The van der Waals surface area contributed by atoms with Crippen LogP contribution in [0.2, 0.25) is 0 Å². The van der Waals surface area contributed by atoms with Crippen LogP contribution in [0, 0.1) is 5.92 Å². The summed E-state index contributed by atoms with van der Waals surface area (Å²) in [6, 6.07) is 0.388. The van der Waals surface area contributed by atoms with Gasteiger partial charge >= 0.3 is 0 Å². The van der Waals surface area contributed by atoms with E-state index in [0.717, 1.165) is 39.4 Å². The minimum Gasteiger partial charge on any atom is -0.380 e. The standard InChI is InChI=1S/C17H36N2O2/c1-8-18-15-14(16(4,5)21-17(15,6)7)13-19(9-2)11-12-20-10-3/h14-15,18H,8-13H2,1-7H3. The zero-order valence-electron chi connectivity index (χ0n) is 15.2. The first-order chi connectivity index (χ1) is 9.78. The quantitative estimate of drug-likeness (QED) is 0.664. The lowest BCUT2D eigenvalue weighted by molar-refractivity contribution is -0.0797. The van der Waals surface area contributed by atoms with Crippen molar-refractivity contribution in [3.63, 3.8) is 0 Å². The Morgan fingerprint density at radius 2 is 1.76 bits per heavy atom. The lowest BCUT2D eigenvalue weighted by Crippen LogP contribution is -2.51. The third-order valence-corrected chi connectivity index (χ3v) is 4.65. The van der Waals surface area contributed by atoms with Gasteiger partial charge in [-0.2, -0.15) is 0 Å². The Hall–Kier alpha value is -0.160. The van der Waals surface area contributed by atoms with Crippen molar-refractivity contribution < 1.29 is 9.47 Å². The highest BCUT2D eigenvalue weighted by Crippen LogP contribution is 2.42. The summed E-state index contributed by atoms with van der Waals surface area (Å²) in [6.07, 6.45) is 0. The van der Waals surface area contributed by atoms with Crippen molar-refractivity contribution in [2.45, 2.75) is 65.7 Å². The van der Waals surface area contributed by atoms with Crippen LogP contribution in [0.5, 0.6) is 0 Å². The third-order valence-electron chi connectivity index (χ3n) is 4.65. The Kier molecular flexibility index (Phi) is 7.11. The Labute approximate surface area is 131 Å². The van der Waals surface area contributed by atoms with E-state index in [-0.39, 0.29) is 11.2 Å². The monoisotopic (exact) mass is 300 g/mol. The van der Waals surface area contributed by atoms with Crippen molar-refractivity contribution in [3.05, 3.63) is 0 Å². The topological polar surface area (TPSA) is 33.7 Å². The maximum atomic E-state index is 6.36. The first-order valence-electron chi connectivity index (χ1n) is 8.52. The van der Waals surface area contributed by atoms with Crippen LogP contribution in [0.25, 0.3) is 0 Å². The van der Waals surface area contributed by atoms with Gasteiger partial charge in [-0.1, -0.05) is 13.8 Å². The van der Waals surface area contributed by atoms with Gasteiger partial charge in [-0.05, 0) is 47.7 Å². The predicted octanol–water partition coefficient (Wildman–Crippen LogP) is 2.53. The van der Waals surface area contributed by atoms with Crippen LogP contribution in [-0.2, 0) is 9.47 Å². The van der Waals surface area contributed by atoms with Crippen LogP contribution < -0.4 is 5.32 Å². The van der Waals surface area contributed by atoms with Gasteiger partial charge in [-0.15, -0.1) is 0 Å². The Morgan fingerprint density at radius 3 is 2.29 bits per heavy atom. The number of hydrogen-bond donors (Lipinski definition) is 1. The molecule has 0 aliphatic carbocycles. The number of nitrogens with one attached hydrogen (secondary N) is 1. The van der Waals surface area contributed by atoms with Crippen molar-refractivity contribution >= 4 is 0 Å². The fraction of sp³-hybridized carbons (Fsp3) is 1.00. The van der Waals surface area contributed by atoms with E-state index in [0.29, 0.717) is 12.0 Å². The van der Waals surface area contributed by atoms with Gasteiger partial charge in [0.05, 0.1) is 17.8 Å². The van der Waals surface area contributed by atoms with Gasteiger partial charge < -0.3 is 19.7 Å². The molecule has 1 N–H and O–H groups in total. The minimum absolute atomic E-state index is 0.102. The maximum Gasteiger partial charge on any atom is 0.0790 e. The second kappa shape index (κ2) is 7.91. The van der Waals surface area contributed by atoms with Crippen LogP contribution in [0.15, 0.2) is 0 Å². The van der Waals surface area contributed by atoms with Gasteiger partial charge in [0.1, 0.15) is 0 Å². The molecule has 1 aliphatic heterocycles. The molecule has 0 aromatic rings. The van der Waals surface area contributed by atoms with Crippen LogP contribution >= 0.6 is 0 Å². The lowest BCUT2D eigenvalue weighted by atomic mass is 9.82. The van der Waals surface area contributed by atoms with Gasteiger partial charge in [-0.3, -0.25) is 0 Å². The molecule has 1 rings (SSSR count). The minimum atomic E-state index is -0.122. The van der Waals surface area contributed by atoms with Crippen molar-refractivity contribution in [2.75, 3.05) is 39.4 Å². The average Bonchev–Trinajstić information content (AvgIpc) is 2.55. The highest BCUT2D eigenvalue weighted by Gasteiger charge is 2.53. The van der Waals surface area contributed by atoms with E-state index in [2.05, 4.69) is 51.8 Å². The van der Waals surface area contributed by atoms with E-state index in [4.69, 9.17) is 9.47 Å². The second-order valence-electron chi connectivity index (χ2n) is 7.04. The number of nitrogens with zero attached hydrogens (tertiary/aromatic N) is 1. The van der Waals surface area contributed by atoms with E-state index in [1.54, 1.807) is 0 Å². The molecule has 0 aromatic carbocycles. The summed E-state index contributed by atoms with van der Waals surface area (Å²) in [5.41, 5.74) is -0.223. The van der Waals surface area contributed by atoms with Crippen LogP contribution in [0.1, 0.15) is 48.5 Å². The molecule has 0 aromatic heterocycles. The zero-order valence-corrected chi connectivity index (χ0v) is 15.2. The summed E-state index contributed by atoms with van der Waals surface area (Å²) in [5, 5.41) is 3.65. The molecule has 126 valence electrons. The van der Waals surface area contributed by atoms with Gasteiger partial charge in [0.25, 0.3) is 0 Å². The Bertz CT molecular complexity index is 305. The summed E-state index contributed by atoms with van der Waals surface area (Å²) in [5.74, 6) is 0.481. The van der Waals surface area contributed by atoms with Gasteiger partial charge in [0.15, 0.2) is 0 Å². The summed E-state index contributed by atoms with van der Waals surface area (Å²) in [7, 11) is 0. The van der Waals surface area contributed by atoms with E-state index in [1.807, 2.05) is 6.92 Å². The smallest absolute Gasteiger partial charge is 0.0790 e.